The predicted molar refractivity (Wildman–Crippen MR) is 241 cm³/mol. The number of rotatable bonds is 15. The number of alkyl halides is 8. The molecule has 1 unspecified atom stereocenters. The highest BCUT2D eigenvalue weighted by molar-refractivity contribution is 7.92. The fourth-order valence-corrected chi connectivity index (χ4v) is 10.9. The number of nitrogens with zero attached hydrogens (tertiary/aromatic N) is 6. The van der Waals surface area contributed by atoms with E-state index in [1.165, 1.54) is 57.2 Å². The molecule has 8 rings (SSSR count). The number of nitrogens with one attached hydrogen (secondary N) is 1. The number of halogens is 11. The summed E-state index contributed by atoms with van der Waals surface area (Å²) in [4.78, 5) is 52.2. The van der Waals surface area contributed by atoms with E-state index in [1.807, 2.05) is 0 Å². The van der Waals surface area contributed by atoms with Crippen molar-refractivity contribution in [2.75, 3.05) is 10.6 Å². The third-order valence-electron chi connectivity index (χ3n) is 12.1. The zero-order valence-corrected chi connectivity index (χ0v) is 40.6. The zero-order valence-electron chi connectivity index (χ0n) is 38.2. The molecule has 1 fully saturated rings. The fourth-order valence-electron chi connectivity index (χ4n) is 9.22. The highest BCUT2D eigenvalue weighted by atomic mass is 35.5. The number of sulfonamides is 1. The SMILES string of the molecule is Cc1ccc(-c2ccc(Cl)c3c(N(C(=O)C(C)(C)Cc4ccccc4OP(=O)(O)O)S(C)(=O)=O)nn(CC(F)(F)F)c23)c([C@H](Cc2cc(F)cc(F)c2)NC(=O)Cn2nc(C(F)(F)F)c3c2C(F)(F)[C@@H]2CC32)n1. The molecule has 2 aliphatic rings. The minimum Gasteiger partial charge on any atom is -0.404 e. The van der Waals surface area contributed by atoms with Gasteiger partial charge in [0.25, 0.3) is 5.92 Å². The van der Waals surface area contributed by atoms with Crippen LogP contribution >= 0.6 is 19.4 Å². The molecule has 3 atom stereocenters. The van der Waals surface area contributed by atoms with Crippen molar-refractivity contribution in [2.45, 2.75) is 83.4 Å². The summed E-state index contributed by atoms with van der Waals surface area (Å²) in [6, 6.07) is 10.8. The van der Waals surface area contributed by atoms with Crippen LogP contribution in [0.1, 0.15) is 71.7 Å². The largest absolute Gasteiger partial charge is 0.524 e. The number of aromatic nitrogens is 5. The Morgan fingerprint density at radius 1 is 0.973 bits per heavy atom. The molecular formula is C45H39ClF10N7O8PS. The number of carbonyl (C=O) groups excluding carboxylic acids is 2. The number of para-hydroxylation sites is 1. The first kappa shape index (κ1) is 53.2. The molecule has 3 aromatic heterocycles. The third kappa shape index (κ3) is 10.8. The molecular weight excluding hydrogens is 1060 g/mol. The fraction of sp³-hybridized carbons (Fsp3) is 0.356. The first-order chi connectivity index (χ1) is 33.6. The Kier molecular flexibility index (Phi) is 13.4. The number of aryl methyl sites for hydroxylation is 1. The lowest BCUT2D eigenvalue weighted by Gasteiger charge is -2.30. The minimum atomic E-state index is -5.19. The van der Waals surface area contributed by atoms with E-state index >= 15 is 8.78 Å². The maximum Gasteiger partial charge on any atom is 0.524 e. The van der Waals surface area contributed by atoms with Crippen molar-refractivity contribution in [1.29, 1.82) is 0 Å². The maximum absolute atomic E-state index is 15.5. The first-order valence-electron chi connectivity index (χ1n) is 21.6. The van der Waals surface area contributed by atoms with Gasteiger partial charge in [0.05, 0.1) is 33.9 Å². The Labute approximate surface area is 412 Å². The van der Waals surface area contributed by atoms with Gasteiger partial charge in [-0.05, 0) is 73.6 Å². The van der Waals surface area contributed by atoms with Crippen LogP contribution in [-0.4, -0.2) is 67.0 Å². The van der Waals surface area contributed by atoms with E-state index in [2.05, 4.69) is 20.5 Å². The molecule has 2 amide bonds. The summed E-state index contributed by atoms with van der Waals surface area (Å²) in [7, 11) is -10.1. The van der Waals surface area contributed by atoms with E-state index in [0.29, 0.717) is 17.0 Å². The van der Waals surface area contributed by atoms with Crippen LogP contribution in [0.5, 0.6) is 5.75 Å². The molecule has 2 aliphatic carbocycles. The molecule has 28 heteroatoms. The van der Waals surface area contributed by atoms with Crippen LogP contribution in [0.3, 0.4) is 0 Å². The van der Waals surface area contributed by atoms with Gasteiger partial charge in [0.2, 0.25) is 21.8 Å². The number of amides is 2. The summed E-state index contributed by atoms with van der Waals surface area (Å²) in [6.45, 7) is 0.691. The van der Waals surface area contributed by atoms with Gasteiger partial charge in [-0.15, -0.1) is 0 Å². The highest BCUT2D eigenvalue weighted by Crippen LogP contribution is 2.68. The molecule has 0 saturated heterocycles. The van der Waals surface area contributed by atoms with Crippen molar-refractivity contribution >= 4 is 58.0 Å². The Morgan fingerprint density at radius 2 is 1.62 bits per heavy atom. The van der Waals surface area contributed by atoms with Crippen molar-refractivity contribution < 1.29 is 80.8 Å². The summed E-state index contributed by atoms with van der Waals surface area (Å²) in [6.07, 6.45) is -11.1. The Balaban J connectivity index is 1.28. The summed E-state index contributed by atoms with van der Waals surface area (Å²) < 4.78 is 191. The topological polar surface area (TPSA) is 199 Å². The first-order valence-corrected chi connectivity index (χ1v) is 25.3. The summed E-state index contributed by atoms with van der Waals surface area (Å²) >= 11 is 6.71. The summed E-state index contributed by atoms with van der Waals surface area (Å²) in [5.74, 6) is -12.5. The molecule has 3 N–H and O–H groups in total. The maximum atomic E-state index is 15.5. The highest BCUT2D eigenvalue weighted by Gasteiger charge is 2.68. The summed E-state index contributed by atoms with van der Waals surface area (Å²) in [5.41, 5.74) is -6.71. The Hall–Kier alpha value is -6.08. The van der Waals surface area contributed by atoms with Crippen LogP contribution in [0.25, 0.3) is 22.0 Å². The van der Waals surface area contributed by atoms with Gasteiger partial charge in [0.1, 0.15) is 36.2 Å². The number of carbonyl (C=O) groups is 2. The molecule has 1 saturated carbocycles. The lowest BCUT2D eigenvalue weighted by molar-refractivity contribution is -0.143. The van der Waals surface area contributed by atoms with Crippen molar-refractivity contribution in [2.24, 2.45) is 11.3 Å². The molecule has 3 aromatic carbocycles. The van der Waals surface area contributed by atoms with Gasteiger partial charge in [-0.2, -0.15) is 49.6 Å². The number of pyridine rings is 1. The second kappa shape index (κ2) is 18.4. The minimum absolute atomic E-state index is 0.00130. The zero-order chi connectivity index (χ0) is 53.7. The van der Waals surface area contributed by atoms with Gasteiger partial charge < -0.3 is 9.84 Å². The van der Waals surface area contributed by atoms with Gasteiger partial charge in [-0.3, -0.25) is 33.7 Å². The number of phosphoric ester groups is 1. The number of fused-ring (bicyclic) bond motifs is 4. The number of phosphoric acid groups is 1. The molecule has 15 nitrogen and oxygen atoms in total. The van der Waals surface area contributed by atoms with Crippen molar-refractivity contribution in [3.8, 4) is 16.9 Å². The van der Waals surface area contributed by atoms with Crippen LogP contribution in [0, 0.1) is 29.9 Å². The predicted octanol–water partition coefficient (Wildman–Crippen LogP) is 9.46. The van der Waals surface area contributed by atoms with E-state index in [0.717, 1.165) is 24.3 Å². The normalized spacial score (nSPS) is 17.1. The Bertz CT molecular complexity index is 3380. The number of hydrogen-bond donors (Lipinski definition) is 3. The average Bonchev–Trinajstić information content (AvgIpc) is 3.75. The number of benzene rings is 3. The van der Waals surface area contributed by atoms with Gasteiger partial charge in [-0.1, -0.05) is 55.8 Å². The molecule has 3 heterocycles. The second-order valence-corrected chi connectivity index (χ2v) is 21.7. The lowest BCUT2D eigenvalue weighted by atomic mass is 9.84. The van der Waals surface area contributed by atoms with Gasteiger partial charge in [0, 0.05) is 39.8 Å². The van der Waals surface area contributed by atoms with E-state index in [-0.39, 0.29) is 54.8 Å². The van der Waals surface area contributed by atoms with Gasteiger partial charge >= 0.3 is 20.2 Å². The van der Waals surface area contributed by atoms with Gasteiger partial charge in [0.15, 0.2) is 11.5 Å². The van der Waals surface area contributed by atoms with E-state index in [9.17, 15) is 67.5 Å². The lowest BCUT2D eigenvalue weighted by Crippen LogP contribution is -2.45. The molecule has 0 radical (unpaired) electrons. The molecule has 73 heavy (non-hydrogen) atoms. The van der Waals surface area contributed by atoms with Crippen LogP contribution in [-0.2, 0) is 62.2 Å². The molecule has 0 aliphatic heterocycles. The molecule has 0 spiro atoms. The standard InChI is InChI=1S/C45H39ClF10N7O8PS/c1-21-9-10-26(36(57-21)31(15-22-13-24(47)16-25(48)14-22)58-33(64)19-61-39-34(38(59-61)45(54,55)56)28-17-29(28)44(39,52)53)27-11-12-30(46)35-37(27)62(20-43(49,50)51)60-40(35)63(73(4,69)70)41(65)42(2,3)18-23-7-5-6-8-32(23)71-72(66,67)68/h5-14,16,28-29,31H,15,17-20H2,1-4H3,(H,58,64)(H2,66,67,68)/t28?,29-,31+/m1/s1. The molecule has 0 bridgehead atoms. The third-order valence-corrected chi connectivity index (χ3v) is 13.9. The van der Waals surface area contributed by atoms with Crippen LogP contribution in [0.15, 0.2) is 66.7 Å². The monoisotopic (exact) mass is 1090 g/mol. The van der Waals surface area contributed by atoms with Crippen LogP contribution in [0.4, 0.5) is 49.7 Å². The molecule has 6 aromatic rings. The van der Waals surface area contributed by atoms with Gasteiger partial charge in [-0.25, -0.2) is 21.8 Å². The Morgan fingerprint density at radius 3 is 2.23 bits per heavy atom. The van der Waals surface area contributed by atoms with Crippen molar-refractivity contribution in [1.82, 2.24) is 29.9 Å². The second-order valence-electron chi connectivity index (χ2n) is 18.3. The smallest absolute Gasteiger partial charge is 0.404 e. The van der Waals surface area contributed by atoms with E-state index in [1.54, 1.807) is 0 Å². The number of hydrogen-bond acceptors (Lipinski definition) is 9. The molecule has 390 valence electrons. The number of anilines is 1. The quantitative estimate of drug-likeness (QED) is 0.0654. The van der Waals surface area contributed by atoms with Crippen LogP contribution in [0.2, 0.25) is 5.02 Å². The average molecular weight is 1090 g/mol. The summed E-state index contributed by atoms with van der Waals surface area (Å²) in [5, 5.41) is 8.86. The van der Waals surface area contributed by atoms with E-state index < -0.39 is 147 Å². The van der Waals surface area contributed by atoms with Crippen molar-refractivity contribution in [3.63, 3.8) is 0 Å². The van der Waals surface area contributed by atoms with E-state index in [4.69, 9.17) is 16.1 Å². The van der Waals surface area contributed by atoms with Crippen molar-refractivity contribution in [3.05, 3.63) is 123 Å². The van der Waals surface area contributed by atoms with Crippen LogP contribution < -0.4 is 14.1 Å².